The van der Waals surface area contributed by atoms with E-state index in [1.54, 1.807) is 0 Å². The van der Waals surface area contributed by atoms with Crippen molar-refractivity contribution in [1.82, 2.24) is 0 Å². The SMILES string of the molecule is CC=C1CCC[Si](C)(C)O1.O. The van der Waals surface area contributed by atoms with Crippen LogP contribution >= 0.6 is 0 Å². The summed E-state index contributed by atoms with van der Waals surface area (Å²) in [5, 5.41) is 0. The summed E-state index contributed by atoms with van der Waals surface area (Å²) in [6.45, 7) is 6.64. The van der Waals surface area contributed by atoms with Crippen LogP contribution < -0.4 is 0 Å². The molecule has 0 saturated carbocycles. The van der Waals surface area contributed by atoms with Gasteiger partial charge in [-0.1, -0.05) is 6.08 Å². The van der Waals surface area contributed by atoms with E-state index in [2.05, 4.69) is 26.1 Å². The van der Waals surface area contributed by atoms with Gasteiger partial charge < -0.3 is 9.90 Å². The van der Waals surface area contributed by atoms with Gasteiger partial charge in [-0.3, -0.25) is 0 Å². The molecule has 2 N–H and O–H groups in total. The molecule has 1 fully saturated rings. The standard InChI is InChI=1S/C8H16OSi.H2O/c1-4-8-6-5-7-10(2,3)9-8;/h4H,5-7H2,1-3H3;1H2. The summed E-state index contributed by atoms with van der Waals surface area (Å²) in [6, 6.07) is 1.32. The summed E-state index contributed by atoms with van der Waals surface area (Å²) in [5.41, 5.74) is 0. The Balaban J connectivity index is 0.000001000. The molecule has 1 saturated heterocycles. The Labute approximate surface area is 69.7 Å². The van der Waals surface area contributed by atoms with Crippen molar-refractivity contribution in [2.24, 2.45) is 0 Å². The lowest BCUT2D eigenvalue weighted by atomic mass is 10.3. The van der Waals surface area contributed by atoms with E-state index in [9.17, 15) is 0 Å². The molecule has 0 aromatic rings. The van der Waals surface area contributed by atoms with Crippen molar-refractivity contribution in [2.45, 2.75) is 38.9 Å². The van der Waals surface area contributed by atoms with E-state index in [1.807, 2.05) is 0 Å². The Kier molecular flexibility index (Phi) is 3.82. The average Bonchev–Trinajstić information content (AvgIpc) is 1.86. The maximum atomic E-state index is 5.82. The first kappa shape index (κ1) is 10.7. The van der Waals surface area contributed by atoms with Gasteiger partial charge >= 0.3 is 0 Å². The molecule has 2 nitrogen and oxygen atoms in total. The Morgan fingerprint density at radius 2 is 2.09 bits per heavy atom. The van der Waals surface area contributed by atoms with Gasteiger partial charge in [-0.2, -0.15) is 0 Å². The van der Waals surface area contributed by atoms with E-state index in [0.717, 1.165) is 6.42 Å². The summed E-state index contributed by atoms with van der Waals surface area (Å²) in [4.78, 5) is 0. The topological polar surface area (TPSA) is 40.7 Å². The number of hydrogen-bond acceptors (Lipinski definition) is 1. The monoisotopic (exact) mass is 174 g/mol. The van der Waals surface area contributed by atoms with Crippen LogP contribution in [0.25, 0.3) is 0 Å². The third-order valence-electron chi connectivity index (χ3n) is 1.93. The molecule has 0 aromatic carbocycles. The van der Waals surface area contributed by atoms with Crippen molar-refractivity contribution in [3.05, 3.63) is 11.8 Å². The van der Waals surface area contributed by atoms with E-state index in [0.29, 0.717) is 0 Å². The highest BCUT2D eigenvalue weighted by molar-refractivity contribution is 6.71. The first-order valence-corrected chi connectivity index (χ1v) is 7.10. The molecule has 0 unspecified atom stereocenters. The van der Waals surface area contributed by atoms with Gasteiger partial charge in [-0.05, 0) is 32.5 Å². The molecular weight excluding hydrogens is 156 g/mol. The second-order valence-corrected chi connectivity index (χ2v) is 7.69. The molecule has 0 aliphatic carbocycles. The van der Waals surface area contributed by atoms with Gasteiger partial charge in [0.05, 0.1) is 5.76 Å². The van der Waals surface area contributed by atoms with Gasteiger partial charge in [-0.15, -0.1) is 0 Å². The minimum atomic E-state index is -1.24. The van der Waals surface area contributed by atoms with Crippen LogP contribution in [-0.2, 0) is 4.43 Å². The Morgan fingerprint density at radius 1 is 1.45 bits per heavy atom. The van der Waals surface area contributed by atoms with Crippen molar-refractivity contribution in [2.75, 3.05) is 0 Å². The molecule has 11 heavy (non-hydrogen) atoms. The minimum Gasteiger partial charge on any atom is -0.547 e. The van der Waals surface area contributed by atoms with E-state index in [-0.39, 0.29) is 5.48 Å². The van der Waals surface area contributed by atoms with Gasteiger partial charge in [0.1, 0.15) is 0 Å². The second-order valence-electron chi connectivity index (χ2n) is 3.47. The van der Waals surface area contributed by atoms with Gasteiger partial charge in [0.2, 0.25) is 8.32 Å². The highest BCUT2D eigenvalue weighted by atomic mass is 28.4. The van der Waals surface area contributed by atoms with E-state index >= 15 is 0 Å². The predicted molar refractivity (Wildman–Crippen MR) is 50.0 cm³/mol. The lowest BCUT2D eigenvalue weighted by Crippen LogP contribution is -2.32. The van der Waals surface area contributed by atoms with Crippen LogP contribution in [0.5, 0.6) is 0 Å². The third kappa shape index (κ3) is 3.08. The van der Waals surface area contributed by atoms with Crippen molar-refractivity contribution < 1.29 is 9.90 Å². The quantitative estimate of drug-likeness (QED) is 0.518. The number of rotatable bonds is 0. The van der Waals surface area contributed by atoms with Crippen LogP contribution in [0.3, 0.4) is 0 Å². The average molecular weight is 174 g/mol. The molecular formula is C8H18O2Si. The summed E-state index contributed by atoms with van der Waals surface area (Å²) >= 11 is 0. The zero-order chi connectivity index (χ0) is 7.61. The van der Waals surface area contributed by atoms with Crippen molar-refractivity contribution >= 4 is 8.32 Å². The predicted octanol–water partition coefficient (Wildman–Crippen LogP) is 2.08. The molecule has 1 aliphatic rings. The minimum absolute atomic E-state index is 0. The van der Waals surface area contributed by atoms with E-state index in [1.165, 1.54) is 18.2 Å². The van der Waals surface area contributed by atoms with Gasteiger partial charge in [0.25, 0.3) is 0 Å². The van der Waals surface area contributed by atoms with Crippen LogP contribution in [0, 0.1) is 0 Å². The lowest BCUT2D eigenvalue weighted by molar-refractivity contribution is 0.365. The largest absolute Gasteiger partial charge is 0.547 e. The van der Waals surface area contributed by atoms with E-state index in [4.69, 9.17) is 4.43 Å². The molecule has 1 aliphatic heterocycles. The van der Waals surface area contributed by atoms with E-state index < -0.39 is 8.32 Å². The molecule has 0 bridgehead atoms. The normalized spacial score (nSPS) is 25.5. The van der Waals surface area contributed by atoms with Crippen LogP contribution in [0.15, 0.2) is 11.8 Å². The van der Waals surface area contributed by atoms with Crippen molar-refractivity contribution in [1.29, 1.82) is 0 Å². The molecule has 1 rings (SSSR count). The van der Waals surface area contributed by atoms with Gasteiger partial charge in [-0.25, -0.2) is 0 Å². The van der Waals surface area contributed by atoms with Crippen LogP contribution in [0.1, 0.15) is 19.8 Å². The van der Waals surface area contributed by atoms with Crippen molar-refractivity contribution in [3.8, 4) is 0 Å². The number of hydrogen-bond donors (Lipinski definition) is 0. The van der Waals surface area contributed by atoms with Crippen LogP contribution in [0.4, 0.5) is 0 Å². The maximum Gasteiger partial charge on any atom is 0.244 e. The summed E-state index contributed by atoms with van der Waals surface area (Å²) in [6.07, 6.45) is 4.60. The summed E-state index contributed by atoms with van der Waals surface area (Å²) < 4.78 is 5.82. The maximum absolute atomic E-state index is 5.82. The second kappa shape index (κ2) is 3.92. The first-order valence-electron chi connectivity index (χ1n) is 3.98. The fourth-order valence-electron chi connectivity index (χ4n) is 1.35. The molecule has 0 radical (unpaired) electrons. The molecule has 0 amide bonds. The molecule has 66 valence electrons. The smallest absolute Gasteiger partial charge is 0.244 e. The molecule has 0 spiro atoms. The molecule has 0 aromatic heterocycles. The number of allylic oxidation sites excluding steroid dienone is 2. The molecule has 0 atom stereocenters. The lowest BCUT2D eigenvalue weighted by Gasteiger charge is -2.30. The Bertz CT molecular complexity index is 152. The van der Waals surface area contributed by atoms with Crippen molar-refractivity contribution in [3.63, 3.8) is 0 Å². The zero-order valence-corrected chi connectivity index (χ0v) is 8.61. The first-order chi connectivity index (χ1) is 4.64. The summed E-state index contributed by atoms with van der Waals surface area (Å²) in [7, 11) is -1.24. The fourth-order valence-corrected chi connectivity index (χ4v) is 3.41. The molecule has 3 heteroatoms. The third-order valence-corrected chi connectivity index (χ3v) is 4.30. The fraction of sp³-hybridized carbons (Fsp3) is 0.750. The van der Waals surface area contributed by atoms with Gasteiger partial charge in [0.15, 0.2) is 0 Å². The van der Waals surface area contributed by atoms with Crippen LogP contribution in [0.2, 0.25) is 19.1 Å². The summed E-state index contributed by atoms with van der Waals surface area (Å²) in [5.74, 6) is 1.22. The Hall–Kier alpha value is -0.283. The highest BCUT2D eigenvalue weighted by Crippen LogP contribution is 2.27. The van der Waals surface area contributed by atoms with Gasteiger partial charge in [0, 0.05) is 6.42 Å². The zero-order valence-electron chi connectivity index (χ0n) is 7.61. The van der Waals surface area contributed by atoms with Crippen LogP contribution in [-0.4, -0.2) is 13.8 Å². The highest BCUT2D eigenvalue weighted by Gasteiger charge is 2.28. The molecule has 1 heterocycles. The Morgan fingerprint density at radius 3 is 2.45 bits per heavy atom.